The Balaban J connectivity index is 2.67. The first-order chi connectivity index (χ1) is 13.6. The average molecular weight is 396 g/mol. The smallest absolute Gasteiger partial charge is 0.308 e. The predicted octanol–water partition coefficient (Wildman–Crippen LogP) is 5.43. The number of hydrogen-bond acceptors (Lipinski definition) is 4. The zero-order valence-corrected chi connectivity index (χ0v) is 18.4. The van der Waals surface area contributed by atoms with Crippen molar-refractivity contribution in [3.05, 3.63) is 41.5 Å². The minimum absolute atomic E-state index is 0.0564. The standard InChI is InChI=1S/C24H33BO4/c1-6-7-8-9-20(27)12-11-17(3)24(25)18(4)15-22(28)21-13-10-16(2)14-23(21)29-19(5)26/h7-8,10,13-14,17-18,24H,6,9,11-12,15H2,1-5H3/b8-7-. The van der Waals surface area contributed by atoms with E-state index < -0.39 is 5.97 Å². The number of allylic oxidation sites excluding steroid dienone is 2. The van der Waals surface area contributed by atoms with Crippen LogP contribution >= 0.6 is 0 Å². The second-order valence-electron chi connectivity index (χ2n) is 7.91. The number of rotatable bonds is 12. The maximum absolute atomic E-state index is 12.8. The second kappa shape index (κ2) is 12.4. The van der Waals surface area contributed by atoms with Crippen LogP contribution in [0.15, 0.2) is 30.4 Å². The van der Waals surface area contributed by atoms with E-state index in [0.717, 1.165) is 12.0 Å². The minimum atomic E-state index is -0.457. The lowest BCUT2D eigenvalue weighted by Gasteiger charge is -2.26. The van der Waals surface area contributed by atoms with E-state index >= 15 is 0 Å². The number of Topliss-reactive ketones (excluding diaryl/α,β-unsaturated/α-hetero) is 2. The van der Waals surface area contributed by atoms with Crippen molar-refractivity contribution in [3.8, 4) is 5.75 Å². The summed E-state index contributed by atoms with van der Waals surface area (Å²) in [6, 6.07) is 5.21. The summed E-state index contributed by atoms with van der Waals surface area (Å²) < 4.78 is 5.21. The van der Waals surface area contributed by atoms with Gasteiger partial charge in [-0.25, -0.2) is 0 Å². The number of benzene rings is 1. The molecule has 0 aliphatic carbocycles. The van der Waals surface area contributed by atoms with Gasteiger partial charge in [0, 0.05) is 26.2 Å². The van der Waals surface area contributed by atoms with E-state index in [1.165, 1.54) is 6.92 Å². The van der Waals surface area contributed by atoms with Gasteiger partial charge in [-0.3, -0.25) is 14.4 Å². The van der Waals surface area contributed by atoms with Crippen LogP contribution in [0.5, 0.6) is 5.75 Å². The van der Waals surface area contributed by atoms with Gasteiger partial charge in [0.15, 0.2) is 5.78 Å². The largest absolute Gasteiger partial charge is 0.426 e. The first kappa shape index (κ1) is 24.9. The molecule has 0 spiro atoms. The van der Waals surface area contributed by atoms with Crippen molar-refractivity contribution in [2.24, 2.45) is 11.8 Å². The number of hydrogen-bond donors (Lipinski definition) is 0. The number of carbonyl (C=O) groups is 3. The van der Waals surface area contributed by atoms with Crippen LogP contribution in [0.2, 0.25) is 5.82 Å². The van der Waals surface area contributed by atoms with Crippen molar-refractivity contribution in [3.63, 3.8) is 0 Å². The van der Waals surface area contributed by atoms with Gasteiger partial charge in [0.1, 0.15) is 11.5 Å². The molecule has 1 rings (SSSR count). The molecule has 3 unspecified atom stereocenters. The molecule has 2 radical (unpaired) electrons. The second-order valence-corrected chi connectivity index (χ2v) is 7.91. The highest BCUT2D eigenvalue weighted by atomic mass is 16.5. The molecule has 0 bridgehead atoms. The molecule has 29 heavy (non-hydrogen) atoms. The molecule has 0 N–H and O–H groups in total. The van der Waals surface area contributed by atoms with E-state index in [9.17, 15) is 14.4 Å². The normalized spacial score (nSPS) is 14.4. The molecule has 1 aromatic rings. The summed E-state index contributed by atoms with van der Waals surface area (Å²) in [5.41, 5.74) is 1.31. The highest BCUT2D eigenvalue weighted by Crippen LogP contribution is 2.32. The van der Waals surface area contributed by atoms with Crippen LogP contribution in [0.25, 0.3) is 0 Å². The molecule has 0 fully saturated rings. The lowest BCUT2D eigenvalue weighted by Crippen LogP contribution is -2.19. The van der Waals surface area contributed by atoms with Crippen molar-refractivity contribution < 1.29 is 19.1 Å². The third-order valence-electron chi connectivity index (χ3n) is 5.14. The summed E-state index contributed by atoms with van der Waals surface area (Å²) in [5, 5.41) is 0. The molecule has 1 aromatic carbocycles. The number of ketones is 2. The Morgan fingerprint density at radius 3 is 2.45 bits per heavy atom. The van der Waals surface area contributed by atoms with E-state index in [0.29, 0.717) is 30.6 Å². The molecule has 0 aliphatic heterocycles. The Labute approximate surface area is 176 Å². The molecule has 0 aromatic heterocycles. The van der Waals surface area contributed by atoms with E-state index in [2.05, 4.69) is 0 Å². The van der Waals surface area contributed by atoms with Gasteiger partial charge >= 0.3 is 5.97 Å². The van der Waals surface area contributed by atoms with Gasteiger partial charge in [0.25, 0.3) is 0 Å². The zero-order valence-electron chi connectivity index (χ0n) is 18.4. The van der Waals surface area contributed by atoms with Gasteiger partial charge in [0.2, 0.25) is 0 Å². The van der Waals surface area contributed by atoms with Crippen LogP contribution in [0.4, 0.5) is 0 Å². The van der Waals surface area contributed by atoms with Crippen LogP contribution in [0.1, 0.15) is 75.7 Å². The highest BCUT2D eigenvalue weighted by Gasteiger charge is 2.24. The van der Waals surface area contributed by atoms with Crippen molar-refractivity contribution in [2.75, 3.05) is 0 Å². The van der Waals surface area contributed by atoms with Gasteiger partial charge in [-0.05, 0) is 49.3 Å². The van der Waals surface area contributed by atoms with Crippen molar-refractivity contribution in [1.82, 2.24) is 0 Å². The molecule has 5 heteroatoms. The molecule has 4 nitrogen and oxygen atoms in total. The van der Waals surface area contributed by atoms with Crippen molar-refractivity contribution in [2.45, 2.75) is 72.5 Å². The van der Waals surface area contributed by atoms with Crippen molar-refractivity contribution >= 4 is 25.4 Å². The molecule has 0 heterocycles. The topological polar surface area (TPSA) is 60.4 Å². The Hall–Kier alpha value is -2.17. The molecule has 156 valence electrons. The van der Waals surface area contributed by atoms with Gasteiger partial charge in [-0.1, -0.05) is 44.8 Å². The monoisotopic (exact) mass is 396 g/mol. The van der Waals surface area contributed by atoms with E-state index in [-0.39, 0.29) is 35.6 Å². The Kier molecular flexibility index (Phi) is 10.6. The number of carbonyl (C=O) groups excluding carboxylic acids is 3. The summed E-state index contributed by atoms with van der Waals surface area (Å²) >= 11 is 0. The summed E-state index contributed by atoms with van der Waals surface area (Å²) in [6.07, 6.45) is 6.78. The third kappa shape index (κ3) is 8.80. The summed E-state index contributed by atoms with van der Waals surface area (Å²) in [5.74, 6) is -0.175. The van der Waals surface area contributed by atoms with Gasteiger partial charge < -0.3 is 4.74 Å². The SMILES string of the molecule is [B]C(C(C)CCC(=O)C/C=C\CC)C(C)CC(=O)c1ccc(C)cc1OC(C)=O. The summed E-state index contributed by atoms with van der Waals surface area (Å²) in [6.45, 7) is 9.20. The zero-order chi connectivity index (χ0) is 22.0. The fourth-order valence-corrected chi connectivity index (χ4v) is 3.26. The first-order valence-corrected chi connectivity index (χ1v) is 10.4. The first-order valence-electron chi connectivity index (χ1n) is 10.4. The highest BCUT2D eigenvalue weighted by molar-refractivity contribution is 6.12. The predicted molar refractivity (Wildman–Crippen MR) is 118 cm³/mol. The Morgan fingerprint density at radius 2 is 1.83 bits per heavy atom. The molecule has 0 saturated heterocycles. The third-order valence-corrected chi connectivity index (χ3v) is 5.14. The van der Waals surface area contributed by atoms with Gasteiger partial charge in [-0.2, -0.15) is 0 Å². The molecule has 3 atom stereocenters. The molecule has 0 aliphatic rings. The van der Waals surface area contributed by atoms with Gasteiger partial charge in [0.05, 0.1) is 13.4 Å². The van der Waals surface area contributed by atoms with Crippen LogP contribution in [-0.4, -0.2) is 25.4 Å². The molecular weight excluding hydrogens is 363 g/mol. The molecule has 0 amide bonds. The van der Waals surface area contributed by atoms with Crippen LogP contribution in [0, 0.1) is 18.8 Å². The summed E-state index contributed by atoms with van der Waals surface area (Å²) in [4.78, 5) is 36.1. The van der Waals surface area contributed by atoms with E-state index in [4.69, 9.17) is 12.6 Å². The lowest BCUT2D eigenvalue weighted by atomic mass is 9.66. The van der Waals surface area contributed by atoms with E-state index in [1.807, 2.05) is 45.9 Å². The van der Waals surface area contributed by atoms with Crippen LogP contribution in [0.3, 0.4) is 0 Å². The fraction of sp³-hybridized carbons (Fsp3) is 0.542. The quantitative estimate of drug-likeness (QED) is 0.155. The molecular formula is C24H33BO4. The number of aryl methyl sites for hydroxylation is 1. The van der Waals surface area contributed by atoms with Crippen LogP contribution in [-0.2, 0) is 9.59 Å². The minimum Gasteiger partial charge on any atom is -0.426 e. The Bertz CT molecular complexity index is 738. The average Bonchev–Trinajstić information content (AvgIpc) is 2.65. The van der Waals surface area contributed by atoms with Crippen LogP contribution < -0.4 is 4.74 Å². The van der Waals surface area contributed by atoms with Gasteiger partial charge in [-0.15, -0.1) is 0 Å². The molecule has 0 saturated carbocycles. The van der Waals surface area contributed by atoms with E-state index in [1.54, 1.807) is 12.1 Å². The number of ether oxygens (including phenoxy) is 1. The number of esters is 1. The lowest BCUT2D eigenvalue weighted by molar-refractivity contribution is -0.131. The fourth-order valence-electron chi connectivity index (χ4n) is 3.26. The maximum atomic E-state index is 12.8. The summed E-state index contributed by atoms with van der Waals surface area (Å²) in [7, 11) is 6.38. The Morgan fingerprint density at radius 1 is 1.14 bits per heavy atom. The van der Waals surface area contributed by atoms with Crippen molar-refractivity contribution in [1.29, 1.82) is 0 Å². The maximum Gasteiger partial charge on any atom is 0.308 e.